The fourth-order valence-corrected chi connectivity index (χ4v) is 2.12. The maximum atomic E-state index is 11.8. The van der Waals surface area contributed by atoms with Crippen LogP contribution in [0.4, 0.5) is 5.69 Å². The summed E-state index contributed by atoms with van der Waals surface area (Å²) in [6, 6.07) is 4.57. The molecule has 102 valence electrons. The molecule has 2 amide bonds. The number of rotatable bonds is 4. The largest absolute Gasteiger partial charge is 0.492 e. The summed E-state index contributed by atoms with van der Waals surface area (Å²) in [6.45, 7) is 2.38. The number of hydrogen-bond donors (Lipinski definition) is 1. The molecule has 0 bridgehead atoms. The number of carbonyl (C=O) groups is 2. The van der Waals surface area contributed by atoms with Crippen LogP contribution in [-0.4, -0.2) is 36.4 Å². The average Bonchev–Trinajstić information content (AvgIpc) is 2.61. The Morgan fingerprint density at radius 3 is 2.79 bits per heavy atom. The van der Waals surface area contributed by atoms with Crippen LogP contribution in [0, 0.1) is 0 Å². The first-order valence-electron chi connectivity index (χ1n) is 6.02. The molecule has 1 aliphatic heterocycles. The van der Waals surface area contributed by atoms with Crippen molar-refractivity contribution in [3.63, 3.8) is 0 Å². The summed E-state index contributed by atoms with van der Waals surface area (Å²) in [5.41, 5.74) is 0.621. The van der Waals surface area contributed by atoms with Gasteiger partial charge in [-0.1, -0.05) is 11.6 Å². The molecule has 0 spiro atoms. The van der Waals surface area contributed by atoms with Crippen molar-refractivity contribution in [3.05, 3.63) is 23.2 Å². The molecule has 2 rings (SSSR count). The van der Waals surface area contributed by atoms with E-state index in [9.17, 15) is 9.59 Å². The molecule has 0 radical (unpaired) electrons. The number of nitrogens with zero attached hydrogens (tertiary/aromatic N) is 1. The monoisotopic (exact) mass is 282 g/mol. The lowest BCUT2D eigenvalue weighted by Crippen LogP contribution is -2.31. The highest BCUT2D eigenvalue weighted by molar-refractivity contribution is 6.31. The number of ether oxygens (including phenoxy) is 1. The van der Waals surface area contributed by atoms with Crippen molar-refractivity contribution in [1.82, 2.24) is 4.90 Å². The second kappa shape index (κ2) is 5.48. The highest BCUT2D eigenvalue weighted by atomic mass is 35.5. The zero-order chi connectivity index (χ0) is 14.0. The van der Waals surface area contributed by atoms with Gasteiger partial charge in [-0.3, -0.25) is 14.5 Å². The van der Waals surface area contributed by atoms with Crippen LogP contribution in [-0.2, 0) is 9.59 Å². The number of likely N-dealkylation sites (N-methyl/N-ethyl adjacent to an activating group) is 1. The minimum atomic E-state index is -0.560. The third-order valence-electron chi connectivity index (χ3n) is 2.95. The molecule has 0 aliphatic carbocycles. The molecule has 1 N–H and O–H groups in total. The fourth-order valence-electron chi connectivity index (χ4n) is 1.95. The van der Waals surface area contributed by atoms with Gasteiger partial charge in [-0.2, -0.15) is 0 Å². The zero-order valence-electron chi connectivity index (χ0n) is 10.8. The van der Waals surface area contributed by atoms with Gasteiger partial charge < -0.3 is 10.1 Å². The van der Waals surface area contributed by atoms with Gasteiger partial charge in [0.1, 0.15) is 11.8 Å². The smallest absolute Gasteiger partial charge is 0.251 e. The Bertz CT molecular complexity index is 519. The molecule has 6 heteroatoms. The third kappa shape index (κ3) is 2.81. The number of imide groups is 1. The van der Waals surface area contributed by atoms with Crippen molar-refractivity contribution >= 4 is 29.1 Å². The molecule has 1 aromatic carbocycles. The number of nitrogens with one attached hydrogen (secondary N) is 1. The van der Waals surface area contributed by atoms with Gasteiger partial charge in [0.15, 0.2) is 0 Å². The molecule has 0 saturated carbocycles. The summed E-state index contributed by atoms with van der Waals surface area (Å²) in [5, 5.41) is 3.56. The van der Waals surface area contributed by atoms with Crippen molar-refractivity contribution in [2.45, 2.75) is 19.4 Å². The first-order chi connectivity index (χ1) is 9.02. The molecule has 1 heterocycles. The summed E-state index contributed by atoms with van der Waals surface area (Å²) in [5.74, 6) is 0.177. The van der Waals surface area contributed by atoms with Gasteiger partial charge in [-0.25, -0.2) is 0 Å². The number of anilines is 1. The summed E-state index contributed by atoms with van der Waals surface area (Å²) in [6.07, 6.45) is 0.146. The van der Waals surface area contributed by atoms with Crippen LogP contribution >= 0.6 is 11.6 Å². The summed E-state index contributed by atoms with van der Waals surface area (Å²) in [4.78, 5) is 24.4. The van der Waals surface area contributed by atoms with E-state index in [4.69, 9.17) is 16.3 Å². The van der Waals surface area contributed by atoms with Gasteiger partial charge in [0.25, 0.3) is 5.91 Å². The average molecular weight is 283 g/mol. The van der Waals surface area contributed by atoms with Gasteiger partial charge in [0, 0.05) is 12.1 Å². The Morgan fingerprint density at radius 1 is 1.47 bits per heavy atom. The first-order valence-corrected chi connectivity index (χ1v) is 6.40. The van der Waals surface area contributed by atoms with Crippen LogP contribution in [0.1, 0.15) is 13.3 Å². The van der Waals surface area contributed by atoms with E-state index in [0.717, 1.165) is 4.90 Å². The molecule has 1 atom stereocenters. The summed E-state index contributed by atoms with van der Waals surface area (Å²) >= 11 is 5.94. The second-order valence-corrected chi connectivity index (χ2v) is 4.70. The van der Waals surface area contributed by atoms with Crippen molar-refractivity contribution in [3.8, 4) is 5.75 Å². The molecule has 1 aromatic rings. The summed E-state index contributed by atoms with van der Waals surface area (Å²) in [7, 11) is 1.48. The SMILES string of the molecule is CCOc1ccc(Cl)cc1NC1CC(=O)N(C)C1=O. The van der Waals surface area contributed by atoms with E-state index in [1.165, 1.54) is 7.05 Å². The van der Waals surface area contributed by atoms with Crippen LogP contribution in [0.2, 0.25) is 5.02 Å². The Kier molecular flexibility index (Phi) is 3.95. The molecule has 1 unspecified atom stereocenters. The van der Waals surface area contributed by atoms with Crippen molar-refractivity contribution in [2.75, 3.05) is 19.0 Å². The van der Waals surface area contributed by atoms with Gasteiger partial charge in [-0.15, -0.1) is 0 Å². The third-order valence-corrected chi connectivity index (χ3v) is 3.19. The van der Waals surface area contributed by atoms with Gasteiger partial charge >= 0.3 is 0 Å². The number of halogens is 1. The highest BCUT2D eigenvalue weighted by Crippen LogP contribution is 2.30. The number of likely N-dealkylation sites (tertiary alicyclic amines) is 1. The maximum Gasteiger partial charge on any atom is 0.251 e. The second-order valence-electron chi connectivity index (χ2n) is 4.27. The van der Waals surface area contributed by atoms with Gasteiger partial charge in [0.05, 0.1) is 18.7 Å². The van der Waals surface area contributed by atoms with Crippen molar-refractivity contribution in [1.29, 1.82) is 0 Å². The predicted octanol–water partition coefficient (Wildman–Crippen LogP) is 1.91. The normalized spacial score (nSPS) is 18.9. The lowest BCUT2D eigenvalue weighted by Gasteiger charge is -2.16. The Hall–Kier alpha value is -1.75. The minimum absolute atomic E-state index is 0.146. The Morgan fingerprint density at radius 2 is 2.21 bits per heavy atom. The first kappa shape index (κ1) is 13.7. The molecule has 1 saturated heterocycles. The molecule has 1 aliphatic rings. The van der Waals surface area contributed by atoms with E-state index >= 15 is 0 Å². The zero-order valence-corrected chi connectivity index (χ0v) is 11.5. The van der Waals surface area contributed by atoms with Gasteiger partial charge in [-0.05, 0) is 25.1 Å². The maximum absolute atomic E-state index is 11.8. The van der Waals surface area contributed by atoms with E-state index in [2.05, 4.69) is 5.32 Å². The van der Waals surface area contributed by atoms with Gasteiger partial charge in [0.2, 0.25) is 5.91 Å². The number of hydrogen-bond acceptors (Lipinski definition) is 4. The lowest BCUT2D eigenvalue weighted by molar-refractivity contribution is -0.136. The van der Waals surface area contributed by atoms with E-state index < -0.39 is 6.04 Å². The predicted molar refractivity (Wildman–Crippen MR) is 72.4 cm³/mol. The number of carbonyl (C=O) groups excluding carboxylic acids is 2. The Labute approximate surface area is 116 Å². The molecule has 1 fully saturated rings. The molecule has 0 aromatic heterocycles. The quantitative estimate of drug-likeness (QED) is 0.857. The van der Waals surface area contributed by atoms with Crippen LogP contribution in [0.25, 0.3) is 0 Å². The van der Waals surface area contributed by atoms with Crippen LogP contribution in [0.5, 0.6) is 5.75 Å². The lowest BCUT2D eigenvalue weighted by atomic mass is 10.2. The van der Waals surface area contributed by atoms with Crippen molar-refractivity contribution in [2.24, 2.45) is 0 Å². The van der Waals surface area contributed by atoms with Crippen molar-refractivity contribution < 1.29 is 14.3 Å². The molecule has 5 nitrogen and oxygen atoms in total. The van der Waals surface area contributed by atoms with E-state index in [-0.39, 0.29) is 18.2 Å². The van der Waals surface area contributed by atoms with E-state index in [1.807, 2.05) is 6.92 Å². The molecular weight excluding hydrogens is 268 g/mol. The van der Waals surface area contributed by atoms with Crippen LogP contribution in [0.15, 0.2) is 18.2 Å². The van der Waals surface area contributed by atoms with Crippen LogP contribution < -0.4 is 10.1 Å². The highest BCUT2D eigenvalue weighted by Gasteiger charge is 2.36. The van der Waals surface area contributed by atoms with E-state index in [0.29, 0.717) is 23.1 Å². The summed E-state index contributed by atoms with van der Waals surface area (Å²) < 4.78 is 5.46. The number of amides is 2. The fraction of sp³-hybridized carbons (Fsp3) is 0.385. The Balaban J connectivity index is 2.21. The molecular formula is C13H15ClN2O3. The molecule has 19 heavy (non-hydrogen) atoms. The topological polar surface area (TPSA) is 58.6 Å². The van der Waals surface area contributed by atoms with E-state index in [1.54, 1.807) is 18.2 Å². The number of benzene rings is 1. The van der Waals surface area contributed by atoms with Crippen LogP contribution in [0.3, 0.4) is 0 Å². The minimum Gasteiger partial charge on any atom is -0.492 e. The standard InChI is InChI=1S/C13H15ClN2O3/c1-3-19-11-5-4-8(14)6-9(11)15-10-7-12(17)16(2)13(10)18/h4-6,10,15H,3,7H2,1-2H3.